The number of hydrogen-bond donors (Lipinski definition) is 2. The molecule has 1 aromatic heterocycles. The fourth-order valence-electron chi connectivity index (χ4n) is 1.72. The summed E-state index contributed by atoms with van der Waals surface area (Å²) in [6.07, 6.45) is 3.30. The van der Waals surface area contributed by atoms with Crippen LogP contribution in [0.3, 0.4) is 0 Å². The predicted molar refractivity (Wildman–Crippen MR) is 75.9 cm³/mol. The number of carbonyl (C=O) groups is 1. The van der Waals surface area contributed by atoms with Crippen LogP contribution < -0.4 is 10.6 Å². The number of carbonyl (C=O) groups excluding carboxylic acids is 1. The van der Waals surface area contributed by atoms with Crippen molar-refractivity contribution in [1.29, 1.82) is 0 Å². The molecule has 0 aliphatic heterocycles. The minimum absolute atomic E-state index is 0.0690. The molecule has 0 atom stereocenters. The number of nitrogens with zero attached hydrogens (tertiary/aromatic N) is 2. The van der Waals surface area contributed by atoms with Gasteiger partial charge in [-0.3, -0.25) is 0 Å². The Hall–Kier alpha value is -1.65. The molecule has 19 heavy (non-hydrogen) atoms. The molecule has 5 nitrogen and oxygen atoms in total. The Balaban J connectivity index is 2.71. The van der Waals surface area contributed by atoms with Gasteiger partial charge >= 0.3 is 6.03 Å². The van der Waals surface area contributed by atoms with Gasteiger partial charge < -0.3 is 10.6 Å². The summed E-state index contributed by atoms with van der Waals surface area (Å²) in [6.45, 7) is 12.5. The molecule has 106 valence electrons. The molecule has 0 aromatic carbocycles. The van der Waals surface area contributed by atoms with E-state index in [0.717, 1.165) is 11.3 Å². The quantitative estimate of drug-likeness (QED) is 0.861. The van der Waals surface area contributed by atoms with Crippen LogP contribution in [-0.4, -0.2) is 21.5 Å². The van der Waals surface area contributed by atoms with Crippen molar-refractivity contribution in [1.82, 2.24) is 20.6 Å². The lowest BCUT2D eigenvalue weighted by Gasteiger charge is -2.23. The first-order chi connectivity index (χ1) is 8.59. The smallest absolute Gasteiger partial charge is 0.315 e. The van der Waals surface area contributed by atoms with Gasteiger partial charge in [0.1, 0.15) is 6.33 Å². The molecule has 0 aliphatic rings. The predicted octanol–water partition coefficient (Wildman–Crippen LogP) is 2.37. The molecule has 0 bridgehead atoms. The van der Waals surface area contributed by atoms with E-state index < -0.39 is 0 Å². The molecule has 1 aromatic rings. The summed E-state index contributed by atoms with van der Waals surface area (Å²) >= 11 is 0. The first-order valence-corrected chi connectivity index (χ1v) is 6.45. The van der Waals surface area contributed by atoms with Gasteiger partial charge in [-0.1, -0.05) is 20.8 Å². The largest absolute Gasteiger partial charge is 0.334 e. The van der Waals surface area contributed by atoms with Crippen LogP contribution in [0.5, 0.6) is 0 Å². The zero-order valence-electron chi connectivity index (χ0n) is 12.7. The van der Waals surface area contributed by atoms with Crippen molar-refractivity contribution in [3.8, 4) is 0 Å². The number of rotatable bonds is 2. The highest BCUT2D eigenvalue weighted by Gasteiger charge is 2.20. The zero-order valence-corrected chi connectivity index (χ0v) is 12.7. The molecule has 0 aliphatic carbocycles. The Morgan fingerprint density at radius 2 is 1.84 bits per heavy atom. The van der Waals surface area contributed by atoms with Gasteiger partial charge in [-0.05, 0) is 20.8 Å². The molecule has 5 heteroatoms. The van der Waals surface area contributed by atoms with Gasteiger partial charge in [-0.25, -0.2) is 14.8 Å². The van der Waals surface area contributed by atoms with E-state index in [2.05, 4.69) is 41.4 Å². The summed E-state index contributed by atoms with van der Waals surface area (Å²) in [5.74, 6) is 0. The summed E-state index contributed by atoms with van der Waals surface area (Å²) in [4.78, 5) is 20.1. The highest BCUT2D eigenvalue weighted by atomic mass is 16.2. The van der Waals surface area contributed by atoms with Gasteiger partial charge in [0, 0.05) is 29.3 Å². The van der Waals surface area contributed by atoms with E-state index in [-0.39, 0.29) is 17.0 Å². The number of nitrogens with one attached hydrogen (secondary N) is 2. The Labute approximate surface area is 115 Å². The second-order valence-corrected chi connectivity index (χ2v) is 6.70. The van der Waals surface area contributed by atoms with Gasteiger partial charge in [0.2, 0.25) is 0 Å². The lowest BCUT2D eigenvalue weighted by Crippen LogP contribution is -2.46. The third kappa shape index (κ3) is 5.24. The zero-order chi connectivity index (χ0) is 14.7. The minimum Gasteiger partial charge on any atom is -0.334 e. The van der Waals surface area contributed by atoms with Crippen molar-refractivity contribution in [2.24, 2.45) is 0 Å². The molecule has 2 amide bonds. The fourth-order valence-corrected chi connectivity index (χ4v) is 1.72. The average molecular weight is 264 g/mol. The Kier molecular flexibility index (Phi) is 4.50. The van der Waals surface area contributed by atoms with Crippen molar-refractivity contribution in [3.63, 3.8) is 0 Å². The number of hydrogen-bond acceptors (Lipinski definition) is 3. The Morgan fingerprint density at radius 1 is 1.21 bits per heavy atom. The lowest BCUT2D eigenvalue weighted by atomic mass is 9.89. The van der Waals surface area contributed by atoms with E-state index in [1.54, 1.807) is 12.5 Å². The van der Waals surface area contributed by atoms with Crippen LogP contribution in [-0.2, 0) is 12.0 Å². The van der Waals surface area contributed by atoms with Crippen LogP contribution >= 0.6 is 0 Å². The maximum Gasteiger partial charge on any atom is 0.315 e. The number of amides is 2. The molecule has 0 saturated heterocycles. The summed E-state index contributed by atoms with van der Waals surface area (Å²) in [7, 11) is 0. The van der Waals surface area contributed by atoms with Crippen LogP contribution in [0, 0.1) is 0 Å². The topological polar surface area (TPSA) is 66.9 Å². The highest BCUT2D eigenvalue weighted by molar-refractivity contribution is 5.74. The summed E-state index contributed by atoms with van der Waals surface area (Å²) in [6, 6.07) is -0.184. The highest BCUT2D eigenvalue weighted by Crippen LogP contribution is 2.22. The van der Waals surface area contributed by atoms with E-state index in [9.17, 15) is 4.79 Å². The summed E-state index contributed by atoms with van der Waals surface area (Å²) in [5.41, 5.74) is 1.59. The molecule has 0 spiro atoms. The SMILES string of the molecule is CC(C)(C)NC(=O)NCc1cncnc1C(C)(C)C. The second kappa shape index (κ2) is 5.55. The standard InChI is InChI=1S/C14H24N4O/c1-13(2,3)11-10(7-15-9-17-11)8-16-12(19)18-14(4,5)6/h7,9H,8H2,1-6H3,(H2,16,18,19). The molecule has 0 radical (unpaired) electrons. The van der Waals surface area contributed by atoms with Crippen molar-refractivity contribution in [2.75, 3.05) is 0 Å². The van der Waals surface area contributed by atoms with Crippen molar-refractivity contribution >= 4 is 6.03 Å². The van der Waals surface area contributed by atoms with Crippen LogP contribution in [0.1, 0.15) is 52.8 Å². The van der Waals surface area contributed by atoms with E-state index in [0.29, 0.717) is 6.54 Å². The van der Waals surface area contributed by atoms with E-state index >= 15 is 0 Å². The third-order valence-corrected chi connectivity index (χ3v) is 2.43. The maximum absolute atomic E-state index is 11.7. The van der Waals surface area contributed by atoms with Gasteiger partial charge in [0.05, 0.1) is 5.69 Å². The molecule has 1 heterocycles. The van der Waals surface area contributed by atoms with Crippen LogP contribution in [0.4, 0.5) is 4.79 Å². The molecular weight excluding hydrogens is 240 g/mol. The average Bonchev–Trinajstić information content (AvgIpc) is 2.23. The molecule has 1 rings (SSSR count). The Bertz CT molecular complexity index is 443. The van der Waals surface area contributed by atoms with Crippen molar-refractivity contribution < 1.29 is 4.79 Å². The monoisotopic (exact) mass is 264 g/mol. The molecule has 2 N–H and O–H groups in total. The fraction of sp³-hybridized carbons (Fsp3) is 0.643. The second-order valence-electron chi connectivity index (χ2n) is 6.70. The molecule has 0 unspecified atom stereocenters. The van der Waals surface area contributed by atoms with Gasteiger partial charge in [0.25, 0.3) is 0 Å². The molecular formula is C14H24N4O. The van der Waals surface area contributed by atoms with Crippen molar-refractivity contribution in [3.05, 3.63) is 23.8 Å². The van der Waals surface area contributed by atoms with Crippen molar-refractivity contribution in [2.45, 2.75) is 59.0 Å². The molecule has 0 fully saturated rings. The van der Waals surface area contributed by atoms with Gasteiger partial charge in [0.15, 0.2) is 0 Å². The minimum atomic E-state index is -0.246. The van der Waals surface area contributed by atoms with Crippen LogP contribution in [0.15, 0.2) is 12.5 Å². The maximum atomic E-state index is 11.7. The van der Waals surface area contributed by atoms with Crippen LogP contribution in [0.25, 0.3) is 0 Å². The third-order valence-electron chi connectivity index (χ3n) is 2.43. The lowest BCUT2D eigenvalue weighted by molar-refractivity contribution is 0.231. The van der Waals surface area contributed by atoms with Gasteiger partial charge in [-0.15, -0.1) is 0 Å². The Morgan fingerprint density at radius 3 is 2.37 bits per heavy atom. The summed E-state index contributed by atoms with van der Waals surface area (Å²) in [5, 5.41) is 5.69. The van der Waals surface area contributed by atoms with E-state index in [1.165, 1.54) is 0 Å². The first-order valence-electron chi connectivity index (χ1n) is 6.45. The number of urea groups is 1. The van der Waals surface area contributed by atoms with E-state index in [1.807, 2.05) is 20.8 Å². The summed E-state index contributed by atoms with van der Waals surface area (Å²) < 4.78 is 0. The molecule has 0 saturated carbocycles. The van der Waals surface area contributed by atoms with E-state index in [4.69, 9.17) is 0 Å². The number of aromatic nitrogens is 2. The van der Waals surface area contributed by atoms with Gasteiger partial charge in [-0.2, -0.15) is 0 Å². The van der Waals surface area contributed by atoms with Crippen LogP contribution in [0.2, 0.25) is 0 Å². The normalized spacial score (nSPS) is 12.1. The first kappa shape index (κ1) is 15.4.